The first-order valence-corrected chi connectivity index (χ1v) is 10.0. The van der Waals surface area contributed by atoms with E-state index in [0.29, 0.717) is 22.9 Å². The fourth-order valence-electron chi connectivity index (χ4n) is 3.05. The summed E-state index contributed by atoms with van der Waals surface area (Å²) in [5.41, 5.74) is 8.07. The Morgan fingerprint density at radius 2 is 1.76 bits per heavy atom. The number of hydrogen-bond acceptors (Lipinski definition) is 4. The van der Waals surface area contributed by atoms with E-state index in [1.807, 2.05) is 0 Å². The highest BCUT2D eigenvalue weighted by atomic mass is 35.5. The van der Waals surface area contributed by atoms with Gasteiger partial charge in [0.25, 0.3) is 0 Å². The van der Waals surface area contributed by atoms with Crippen LogP contribution in [-0.4, -0.2) is 26.0 Å². The summed E-state index contributed by atoms with van der Waals surface area (Å²) in [7, 11) is 0. The molecule has 0 aliphatic rings. The second kappa shape index (κ2) is 7.76. The van der Waals surface area contributed by atoms with E-state index in [-0.39, 0.29) is 11.3 Å². The van der Waals surface area contributed by atoms with E-state index in [9.17, 15) is 4.79 Å². The maximum Gasteiger partial charge on any atom is 0.240 e. The number of rotatable bonds is 5. The molecule has 2 heterocycles. The van der Waals surface area contributed by atoms with Crippen LogP contribution in [-0.2, 0) is 16.6 Å². The second-order valence-electron chi connectivity index (χ2n) is 9.03. The van der Waals surface area contributed by atoms with Gasteiger partial charge in [-0.15, -0.1) is 10.2 Å². The zero-order chi connectivity index (χ0) is 21.4. The molecule has 0 aliphatic heterocycles. The van der Waals surface area contributed by atoms with E-state index in [0.717, 1.165) is 5.56 Å². The first-order valence-electron chi connectivity index (χ1n) is 9.64. The number of hydrogen-bond donors (Lipinski definition) is 2. The number of nitrogens with one attached hydrogen (secondary N) is 1. The zero-order valence-corrected chi connectivity index (χ0v) is 18.3. The van der Waals surface area contributed by atoms with Gasteiger partial charge >= 0.3 is 0 Å². The van der Waals surface area contributed by atoms with Crippen molar-refractivity contribution in [3.8, 4) is 0 Å². The highest BCUT2D eigenvalue weighted by Gasteiger charge is 2.28. The summed E-state index contributed by atoms with van der Waals surface area (Å²) in [5.74, 6) is 0.354. The number of benzene rings is 1. The lowest BCUT2D eigenvalue weighted by Crippen LogP contribution is -2.50. The topological polar surface area (TPSA) is 85.3 Å². The smallest absolute Gasteiger partial charge is 0.240 e. The quantitative estimate of drug-likeness (QED) is 0.665. The van der Waals surface area contributed by atoms with Crippen LogP contribution >= 0.6 is 11.6 Å². The third-order valence-electron chi connectivity index (χ3n) is 4.85. The standard InChI is InChI=1S/C22H28ClN5O/c1-21(2,3)15-8-6-14(7-9-15)12-17(25-20(29)22(4,5)24)19-27-26-18-11-10-16(23)13-28(18)19/h6-11,13,17H,12,24H2,1-5H3,(H,25,29)/t17-/m1/s1. The molecule has 3 N–H and O–H groups in total. The summed E-state index contributed by atoms with van der Waals surface area (Å²) in [6, 6.07) is 11.6. The third-order valence-corrected chi connectivity index (χ3v) is 5.08. The molecule has 0 radical (unpaired) electrons. The molecule has 29 heavy (non-hydrogen) atoms. The van der Waals surface area contributed by atoms with E-state index in [1.165, 1.54) is 5.56 Å². The van der Waals surface area contributed by atoms with Crippen LogP contribution in [0.3, 0.4) is 0 Å². The van der Waals surface area contributed by atoms with Gasteiger partial charge in [-0.2, -0.15) is 0 Å². The minimum absolute atomic E-state index is 0.0790. The number of nitrogens with zero attached hydrogens (tertiary/aromatic N) is 3. The summed E-state index contributed by atoms with van der Waals surface area (Å²) >= 11 is 6.17. The van der Waals surface area contributed by atoms with E-state index in [1.54, 1.807) is 36.6 Å². The van der Waals surface area contributed by atoms with E-state index in [2.05, 4.69) is 60.6 Å². The Kier molecular flexibility index (Phi) is 5.70. The molecule has 0 saturated carbocycles. The molecule has 1 aromatic carbocycles. The van der Waals surface area contributed by atoms with Gasteiger partial charge in [0.15, 0.2) is 11.5 Å². The molecule has 1 atom stereocenters. The maximum absolute atomic E-state index is 12.6. The molecule has 0 fully saturated rings. The summed E-state index contributed by atoms with van der Waals surface area (Å²) in [5, 5.41) is 12.1. The lowest BCUT2D eigenvalue weighted by molar-refractivity contribution is -0.126. The van der Waals surface area contributed by atoms with Gasteiger partial charge in [-0.05, 0) is 48.9 Å². The molecular weight excluding hydrogens is 386 g/mol. The normalized spacial score (nSPS) is 13.5. The molecule has 3 aromatic rings. The number of amides is 1. The molecule has 0 unspecified atom stereocenters. The van der Waals surface area contributed by atoms with Crippen molar-refractivity contribution in [1.29, 1.82) is 0 Å². The Balaban J connectivity index is 1.97. The van der Waals surface area contributed by atoms with E-state index in [4.69, 9.17) is 17.3 Å². The van der Waals surface area contributed by atoms with Gasteiger partial charge in [-0.1, -0.05) is 56.6 Å². The second-order valence-corrected chi connectivity index (χ2v) is 9.47. The van der Waals surface area contributed by atoms with Crippen LogP contribution in [0.4, 0.5) is 0 Å². The minimum atomic E-state index is -1.01. The molecule has 3 rings (SSSR count). The van der Waals surface area contributed by atoms with Gasteiger partial charge in [-0.3, -0.25) is 9.20 Å². The van der Waals surface area contributed by atoms with Crippen molar-refractivity contribution in [3.05, 3.63) is 64.6 Å². The molecule has 1 amide bonds. The van der Waals surface area contributed by atoms with Crippen molar-refractivity contribution in [3.63, 3.8) is 0 Å². The van der Waals surface area contributed by atoms with Gasteiger partial charge < -0.3 is 11.1 Å². The summed E-state index contributed by atoms with van der Waals surface area (Å²) in [6.45, 7) is 9.90. The Labute approximate surface area is 176 Å². The highest BCUT2D eigenvalue weighted by molar-refractivity contribution is 6.30. The van der Waals surface area contributed by atoms with Gasteiger partial charge in [0.1, 0.15) is 0 Å². The molecule has 7 heteroatoms. The first-order chi connectivity index (χ1) is 13.4. The van der Waals surface area contributed by atoms with Crippen molar-refractivity contribution >= 4 is 23.2 Å². The predicted octanol–water partition coefficient (Wildman–Crippen LogP) is 3.82. The number of nitrogens with two attached hydrogens (primary N) is 1. The van der Waals surface area contributed by atoms with E-state index >= 15 is 0 Å². The number of pyridine rings is 1. The average molecular weight is 414 g/mol. The lowest BCUT2D eigenvalue weighted by Gasteiger charge is -2.24. The Bertz CT molecular complexity index is 1010. The Hall–Kier alpha value is -2.44. The summed E-state index contributed by atoms with van der Waals surface area (Å²) in [4.78, 5) is 12.6. The van der Waals surface area contributed by atoms with Crippen LogP contribution in [0.15, 0.2) is 42.6 Å². The van der Waals surface area contributed by atoms with Crippen LogP contribution in [0.5, 0.6) is 0 Å². The van der Waals surface area contributed by atoms with Crippen LogP contribution in [0.2, 0.25) is 5.02 Å². The summed E-state index contributed by atoms with van der Waals surface area (Å²) in [6.07, 6.45) is 2.31. The van der Waals surface area contributed by atoms with Crippen LogP contribution < -0.4 is 11.1 Å². The Morgan fingerprint density at radius 1 is 1.10 bits per heavy atom. The van der Waals surface area contributed by atoms with Crippen molar-refractivity contribution in [2.45, 2.75) is 58.0 Å². The van der Waals surface area contributed by atoms with Crippen LogP contribution in [0.25, 0.3) is 5.65 Å². The van der Waals surface area contributed by atoms with Crippen molar-refractivity contribution in [2.24, 2.45) is 5.73 Å². The Morgan fingerprint density at radius 3 is 2.34 bits per heavy atom. The number of fused-ring (bicyclic) bond motifs is 1. The summed E-state index contributed by atoms with van der Waals surface area (Å²) < 4.78 is 1.81. The van der Waals surface area contributed by atoms with Gasteiger partial charge in [0, 0.05) is 6.20 Å². The number of carbonyl (C=O) groups excluding carboxylic acids is 1. The first kappa shape index (κ1) is 21.3. The van der Waals surface area contributed by atoms with Crippen molar-refractivity contribution in [2.75, 3.05) is 0 Å². The van der Waals surface area contributed by atoms with Crippen LogP contribution in [0, 0.1) is 0 Å². The number of aromatic nitrogens is 3. The zero-order valence-electron chi connectivity index (χ0n) is 17.5. The monoisotopic (exact) mass is 413 g/mol. The highest BCUT2D eigenvalue weighted by Crippen LogP contribution is 2.25. The molecule has 0 aliphatic carbocycles. The molecule has 6 nitrogen and oxygen atoms in total. The number of halogens is 1. The minimum Gasteiger partial charge on any atom is -0.344 e. The van der Waals surface area contributed by atoms with E-state index < -0.39 is 11.6 Å². The maximum atomic E-state index is 12.6. The molecule has 0 spiro atoms. The SMILES string of the molecule is CC(C)(N)C(=O)N[C@H](Cc1ccc(C(C)(C)C)cc1)c1nnc2ccc(Cl)cn12. The predicted molar refractivity (Wildman–Crippen MR) is 116 cm³/mol. The lowest BCUT2D eigenvalue weighted by atomic mass is 9.86. The molecule has 0 bridgehead atoms. The fourth-order valence-corrected chi connectivity index (χ4v) is 3.21. The van der Waals surface area contributed by atoms with Gasteiger partial charge in [-0.25, -0.2) is 0 Å². The molecule has 0 saturated heterocycles. The average Bonchev–Trinajstić information content (AvgIpc) is 3.03. The van der Waals surface area contributed by atoms with Crippen LogP contribution in [0.1, 0.15) is 57.6 Å². The fraction of sp³-hybridized carbons (Fsp3) is 0.409. The van der Waals surface area contributed by atoms with Crippen molar-refractivity contribution in [1.82, 2.24) is 19.9 Å². The number of carbonyl (C=O) groups is 1. The molecule has 2 aromatic heterocycles. The molecule has 154 valence electrons. The molecular formula is C22H28ClN5O. The largest absolute Gasteiger partial charge is 0.344 e. The van der Waals surface area contributed by atoms with Gasteiger partial charge in [0.2, 0.25) is 5.91 Å². The third kappa shape index (κ3) is 4.95. The van der Waals surface area contributed by atoms with Crippen molar-refractivity contribution < 1.29 is 4.79 Å². The van der Waals surface area contributed by atoms with Gasteiger partial charge in [0.05, 0.1) is 16.6 Å².